The summed E-state index contributed by atoms with van der Waals surface area (Å²) in [6, 6.07) is 8.66. The molecule has 1 amide bonds. The number of amides is 1. The predicted molar refractivity (Wildman–Crippen MR) is 105 cm³/mol. The average molecular weight is 374 g/mol. The Morgan fingerprint density at radius 1 is 1.36 bits per heavy atom. The molecule has 1 unspecified atom stereocenters. The maximum Gasteiger partial charge on any atom is 0.263 e. The van der Waals surface area contributed by atoms with Crippen molar-refractivity contribution in [2.75, 3.05) is 5.32 Å². The Labute approximate surface area is 154 Å². The summed E-state index contributed by atoms with van der Waals surface area (Å²) in [7, 11) is 0. The van der Waals surface area contributed by atoms with Gasteiger partial charge in [-0.15, -0.1) is 11.3 Å². The number of H-pyrrole nitrogens is 1. The summed E-state index contributed by atoms with van der Waals surface area (Å²) in [6.07, 6.45) is 0.850. The molecule has 3 aromatic rings. The molecule has 2 aromatic heterocycles. The first-order valence-corrected chi connectivity index (χ1v) is 9.28. The van der Waals surface area contributed by atoms with Crippen LogP contribution < -0.4 is 10.9 Å². The smallest absolute Gasteiger partial charge is 0.263 e. The van der Waals surface area contributed by atoms with Crippen LogP contribution in [0.5, 0.6) is 0 Å². The lowest BCUT2D eigenvalue weighted by atomic mass is 10.2. The Balaban J connectivity index is 1.97. The SMILES string of the molecule is CCc1cc2c(=O)n(C(C)C(=O)Nc3ccc(C)cc3)c(=S)[nH]c2s1. The zero-order chi connectivity index (χ0) is 18.1. The van der Waals surface area contributed by atoms with Gasteiger partial charge >= 0.3 is 0 Å². The van der Waals surface area contributed by atoms with Gasteiger partial charge in [0.25, 0.3) is 5.56 Å². The molecule has 130 valence electrons. The van der Waals surface area contributed by atoms with Gasteiger partial charge in [0.15, 0.2) is 4.77 Å². The Kier molecular flexibility index (Phi) is 4.87. The quantitative estimate of drug-likeness (QED) is 0.674. The summed E-state index contributed by atoms with van der Waals surface area (Å²) in [4.78, 5) is 30.3. The molecule has 0 saturated carbocycles. The fourth-order valence-electron chi connectivity index (χ4n) is 2.60. The highest BCUT2D eigenvalue weighted by Crippen LogP contribution is 2.22. The van der Waals surface area contributed by atoms with E-state index in [1.807, 2.05) is 44.2 Å². The predicted octanol–water partition coefficient (Wildman–Crippen LogP) is 4.19. The van der Waals surface area contributed by atoms with Crippen LogP contribution >= 0.6 is 23.6 Å². The highest BCUT2D eigenvalue weighted by atomic mass is 32.1. The topological polar surface area (TPSA) is 66.9 Å². The number of aromatic nitrogens is 2. The van der Waals surface area contributed by atoms with Gasteiger partial charge in [0, 0.05) is 10.6 Å². The zero-order valence-electron chi connectivity index (χ0n) is 14.3. The number of fused-ring (bicyclic) bond motifs is 1. The van der Waals surface area contributed by atoms with Gasteiger partial charge in [0.2, 0.25) is 5.91 Å². The molecule has 0 saturated heterocycles. The van der Waals surface area contributed by atoms with Gasteiger partial charge in [0.1, 0.15) is 10.9 Å². The lowest BCUT2D eigenvalue weighted by Gasteiger charge is -2.15. The Hall–Kier alpha value is -2.25. The third-order valence-corrected chi connectivity index (χ3v) is 5.60. The van der Waals surface area contributed by atoms with E-state index in [1.54, 1.807) is 6.92 Å². The van der Waals surface area contributed by atoms with Crippen molar-refractivity contribution in [3.8, 4) is 0 Å². The molecular formula is C18H19N3O2S2. The summed E-state index contributed by atoms with van der Waals surface area (Å²) in [5, 5.41) is 3.40. The van der Waals surface area contributed by atoms with E-state index in [1.165, 1.54) is 15.9 Å². The van der Waals surface area contributed by atoms with E-state index in [-0.39, 0.29) is 16.2 Å². The molecule has 1 aromatic carbocycles. The van der Waals surface area contributed by atoms with Crippen molar-refractivity contribution in [3.63, 3.8) is 0 Å². The number of anilines is 1. The van der Waals surface area contributed by atoms with Gasteiger partial charge in [-0.25, -0.2) is 0 Å². The van der Waals surface area contributed by atoms with Gasteiger partial charge in [0.05, 0.1) is 5.39 Å². The Morgan fingerprint density at radius 3 is 2.68 bits per heavy atom. The van der Waals surface area contributed by atoms with E-state index in [9.17, 15) is 9.59 Å². The van der Waals surface area contributed by atoms with Gasteiger partial charge in [-0.1, -0.05) is 24.6 Å². The molecule has 1 atom stereocenters. The Bertz CT molecular complexity index is 1040. The number of carbonyl (C=O) groups is 1. The van der Waals surface area contributed by atoms with Crippen LogP contribution in [0.3, 0.4) is 0 Å². The maximum absolute atomic E-state index is 12.8. The average Bonchev–Trinajstić information content (AvgIpc) is 3.00. The number of aryl methyl sites for hydroxylation is 2. The van der Waals surface area contributed by atoms with Gasteiger partial charge in [-0.3, -0.25) is 14.2 Å². The van der Waals surface area contributed by atoms with Crippen molar-refractivity contribution < 1.29 is 4.79 Å². The number of thiophene rings is 1. The molecular weight excluding hydrogens is 354 g/mol. The van der Waals surface area contributed by atoms with Crippen LogP contribution in [-0.2, 0) is 11.2 Å². The number of benzene rings is 1. The minimum absolute atomic E-state index is 0.235. The van der Waals surface area contributed by atoms with E-state index >= 15 is 0 Å². The minimum Gasteiger partial charge on any atom is -0.324 e. The van der Waals surface area contributed by atoms with Crippen molar-refractivity contribution in [3.05, 3.63) is 55.9 Å². The summed E-state index contributed by atoms with van der Waals surface area (Å²) in [5.74, 6) is -0.282. The summed E-state index contributed by atoms with van der Waals surface area (Å²) in [5.41, 5.74) is 1.57. The van der Waals surface area contributed by atoms with Crippen molar-refractivity contribution in [1.29, 1.82) is 0 Å². The van der Waals surface area contributed by atoms with Crippen LogP contribution in [0.4, 0.5) is 5.69 Å². The first-order chi connectivity index (χ1) is 11.9. The monoisotopic (exact) mass is 373 g/mol. The fraction of sp³-hybridized carbons (Fsp3) is 0.278. The molecule has 0 aliphatic rings. The molecule has 7 heteroatoms. The van der Waals surface area contributed by atoms with Crippen LogP contribution in [0.1, 0.15) is 30.3 Å². The third-order valence-electron chi connectivity index (χ3n) is 4.11. The van der Waals surface area contributed by atoms with Crippen LogP contribution in [0.2, 0.25) is 0 Å². The van der Waals surface area contributed by atoms with Crippen molar-refractivity contribution >= 4 is 45.4 Å². The molecule has 0 aliphatic carbocycles. The van der Waals surface area contributed by atoms with Crippen molar-refractivity contribution in [2.45, 2.75) is 33.2 Å². The van der Waals surface area contributed by atoms with Crippen molar-refractivity contribution in [2.24, 2.45) is 0 Å². The normalized spacial score (nSPS) is 12.3. The number of hydrogen-bond donors (Lipinski definition) is 2. The van der Waals surface area contributed by atoms with Crippen molar-refractivity contribution in [1.82, 2.24) is 9.55 Å². The van der Waals surface area contributed by atoms with Gasteiger partial charge < -0.3 is 10.3 Å². The van der Waals surface area contributed by atoms with Crippen LogP contribution in [0.15, 0.2) is 35.1 Å². The first kappa shape index (κ1) is 17.6. The Morgan fingerprint density at radius 2 is 2.04 bits per heavy atom. The summed E-state index contributed by atoms with van der Waals surface area (Å²) in [6.45, 7) is 5.69. The van der Waals surface area contributed by atoms with Crippen LogP contribution in [-0.4, -0.2) is 15.5 Å². The number of aromatic amines is 1. The summed E-state index contributed by atoms with van der Waals surface area (Å²) >= 11 is 6.85. The lowest BCUT2D eigenvalue weighted by Crippen LogP contribution is -2.32. The standard InChI is InChI=1S/C18H19N3O2S2/c1-4-13-9-14-16(25-13)20-18(24)21(17(14)23)11(3)15(22)19-12-7-5-10(2)6-8-12/h5-9,11H,4H2,1-3H3,(H,19,22)(H,20,24). The van der Waals surface area contributed by atoms with Crippen LogP contribution in [0.25, 0.3) is 10.2 Å². The van der Waals surface area contributed by atoms with E-state index in [0.29, 0.717) is 11.1 Å². The third kappa shape index (κ3) is 3.43. The number of nitrogens with zero attached hydrogens (tertiary/aromatic N) is 1. The van der Waals surface area contributed by atoms with E-state index in [0.717, 1.165) is 21.7 Å². The van der Waals surface area contributed by atoms with E-state index < -0.39 is 6.04 Å². The second kappa shape index (κ2) is 6.93. The lowest BCUT2D eigenvalue weighted by molar-refractivity contribution is -0.118. The molecule has 25 heavy (non-hydrogen) atoms. The highest BCUT2D eigenvalue weighted by molar-refractivity contribution is 7.71. The van der Waals surface area contributed by atoms with Gasteiger partial charge in [-0.05, 0) is 50.7 Å². The largest absolute Gasteiger partial charge is 0.324 e. The molecule has 0 fully saturated rings. The summed E-state index contributed by atoms with van der Waals surface area (Å²) < 4.78 is 1.60. The number of hydrogen-bond acceptors (Lipinski definition) is 4. The number of rotatable bonds is 4. The van der Waals surface area contributed by atoms with Gasteiger partial charge in [-0.2, -0.15) is 0 Å². The fourth-order valence-corrected chi connectivity index (χ4v) is 3.99. The molecule has 0 spiro atoms. The second-order valence-electron chi connectivity index (χ2n) is 5.95. The van der Waals surface area contributed by atoms with E-state index in [4.69, 9.17) is 12.2 Å². The highest BCUT2D eigenvalue weighted by Gasteiger charge is 2.20. The molecule has 0 radical (unpaired) electrons. The van der Waals surface area contributed by atoms with E-state index in [2.05, 4.69) is 10.3 Å². The molecule has 2 N–H and O–H groups in total. The maximum atomic E-state index is 12.8. The zero-order valence-corrected chi connectivity index (χ0v) is 15.9. The molecule has 5 nitrogen and oxygen atoms in total. The molecule has 2 heterocycles. The first-order valence-electron chi connectivity index (χ1n) is 8.05. The minimum atomic E-state index is -0.716. The second-order valence-corrected chi connectivity index (χ2v) is 7.47. The molecule has 0 bridgehead atoms. The number of nitrogens with one attached hydrogen (secondary N) is 2. The van der Waals surface area contributed by atoms with Crippen LogP contribution in [0, 0.1) is 11.7 Å². The molecule has 3 rings (SSSR count). The number of carbonyl (C=O) groups excluding carboxylic acids is 1. The molecule has 0 aliphatic heterocycles.